The van der Waals surface area contributed by atoms with Gasteiger partial charge in [-0.25, -0.2) is 0 Å². The van der Waals surface area contributed by atoms with Gasteiger partial charge in [-0.05, 0) is 49.7 Å². The van der Waals surface area contributed by atoms with Crippen LogP contribution in [-0.4, -0.2) is 12.1 Å². The van der Waals surface area contributed by atoms with E-state index in [0.29, 0.717) is 12.1 Å². The van der Waals surface area contributed by atoms with Crippen LogP contribution < -0.4 is 10.6 Å². The van der Waals surface area contributed by atoms with Gasteiger partial charge in [0.2, 0.25) is 0 Å². The molecule has 2 aliphatic rings. The van der Waals surface area contributed by atoms with Crippen molar-refractivity contribution in [1.82, 2.24) is 0 Å². The number of rotatable bonds is 6. The summed E-state index contributed by atoms with van der Waals surface area (Å²) in [5.74, 6) is 0. The molecule has 122 valence electrons. The van der Waals surface area contributed by atoms with E-state index in [1.165, 1.54) is 86.7 Å². The molecule has 2 nitrogen and oxygen atoms in total. The molecule has 0 fully saturated rings. The molecule has 3 rings (SSSR count). The van der Waals surface area contributed by atoms with Crippen molar-refractivity contribution < 1.29 is 0 Å². The Morgan fingerprint density at radius 3 is 1.68 bits per heavy atom. The Balaban J connectivity index is 1.76. The second-order valence-corrected chi connectivity index (χ2v) is 7.18. The standard InChI is InChI=1S/C20H32N2/c1-3-5-7-17-13-11-15-9-10-16-12-14-18(8-6-4-2)22-20(16)19(15)21-17/h9-10,17-18,21-22H,3-8,11-14H2,1-2H3/t17-,18-/m1/s1. The highest BCUT2D eigenvalue weighted by Gasteiger charge is 2.25. The molecule has 0 amide bonds. The van der Waals surface area contributed by atoms with Gasteiger partial charge in [-0.1, -0.05) is 51.7 Å². The molecule has 0 aliphatic carbocycles. The largest absolute Gasteiger partial charge is 0.380 e. The van der Waals surface area contributed by atoms with E-state index in [-0.39, 0.29) is 0 Å². The van der Waals surface area contributed by atoms with E-state index < -0.39 is 0 Å². The smallest absolute Gasteiger partial charge is 0.0613 e. The van der Waals surface area contributed by atoms with Crippen molar-refractivity contribution in [3.8, 4) is 0 Å². The molecule has 2 aliphatic heterocycles. The normalized spacial score (nSPS) is 23.2. The molecule has 0 radical (unpaired) electrons. The maximum atomic E-state index is 3.87. The number of nitrogens with one attached hydrogen (secondary N) is 2. The molecule has 1 aromatic carbocycles. The van der Waals surface area contributed by atoms with E-state index >= 15 is 0 Å². The van der Waals surface area contributed by atoms with E-state index in [1.54, 1.807) is 0 Å². The van der Waals surface area contributed by atoms with Crippen LogP contribution in [0.25, 0.3) is 0 Å². The molecule has 0 saturated heterocycles. The topological polar surface area (TPSA) is 24.1 Å². The van der Waals surface area contributed by atoms with E-state index in [2.05, 4.69) is 36.6 Å². The Labute approximate surface area is 136 Å². The van der Waals surface area contributed by atoms with Crippen LogP contribution in [0, 0.1) is 0 Å². The zero-order chi connectivity index (χ0) is 15.4. The number of aryl methyl sites for hydroxylation is 2. The predicted molar refractivity (Wildman–Crippen MR) is 97.0 cm³/mol. The van der Waals surface area contributed by atoms with Crippen LogP contribution in [0.5, 0.6) is 0 Å². The van der Waals surface area contributed by atoms with Gasteiger partial charge in [-0.3, -0.25) is 0 Å². The number of anilines is 2. The summed E-state index contributed by atoms with van der Waals surface area (Å²) in [6.07, 6.45) is 13.0. The molecule has 2 N–H and O–H groups in total. The summed E-state index contributed by atoms with van der Waals surface area (Å²) in [4.78, 5) is 0. The van der Waals surface area contributed by atoms with Crippen LogP contribution >= 0.6 is 0 Å². The summed E-state index contributed by atoms with van der Waals surface area (Å²) in [7, 11) is 0. The summed E-state index contributed by atoms with van der Waals surface area (Å²) in [6, 6.07) is 6.09. The summed E-state index contributed by atoms with van der Waals surface area (Å²) in [6.45, 7) is 4.58. The molecule has 2 atom stereocenters. The lowest BCUT2D eigenvalue weighted by Crippen LogP contribution is -2.30. The maximum absolute atomic E-state index is 3.87. The van der Waals surface area contributed by atoms with Crippen molar-refractivity contribution >= 4 is 11.4 Å². The number of unbranched alkanes of at least 4 members (excludes halogenated alkanes) is 2. The third-order valence-electron chi connectivity index (χ3n) is 5.41. The monoisotopic (exact) mass is 300 g/mol. The minimum Gasteiger partial charge on any atom is -0.380 e. The highest BCUT2D eigenvalue weighted by atomic mass is 15.0. The lowest BCUT2D eigenvalue weighted by Gasteiger charge is -2.34. The molecule has 0 unspecified atom stereocenters. The maximum Gasteiger partial charge on any atom is 0.0613 e. The SMILES string of the molecule is CCCC[C@@H]1CCc2ccc3c(c2N1)N[C@H](CCCC)CC3. The molecule has 2 heteroatoms. The molecule has 22 heavy (non-hydrogen) atoms. The molecule has 0 aromatic heterocycles. The van der Waals surface area contributed by atoms with Gasteiger partial charge in [0.25, 0.3) is 0 Å². The fourth-order valence-corrected chi connectivity index (χ4v) is 3.98. The lowest BCUT2D eigenvalue weighted by molar-refractivity contribution is 0.547. The van der Waals surface area contributed by atoms with Crippen LogP contribution in [0.3, 0.4) is 0 Å². The van der Waals surface area contributed by atoms with Gasteiger partial charge in [0, 0.05) is 12.1 Å². The summed E-state index contributed by atoms with van der Waals surface area (Å²) in [5, 5.41) is 7.75. The summed E-state index contributed by atoms with van der Waals surface area (Å²) in [5.41, 5.74) is 5.92. The van der Waals surface area contributed by atoms with Crippen LogP contribution in [0.2, 0.25) is 0 Å². The zero-order valence-electron chi connectivity index (χ0n) is 14.4. The third-order valence-corrected chi connectivity index (χ3v) is 5.41. The average molecular weight is 300 g/mol. The Hall–Kier alpha value is -1.18. The third kappa shape index (κ3) is 3.42. The Morgan fingerprint density at radius 1 is 0.818 bits per heavy atom. The minimum absolute atomic E-state index is 0.678. The first kappa shape index (κ1) is 15.7. The van der Waals surface area contributed by atoms with Crippen molar-refractivity contribution in [3.63, 3.8) is 0 Å². The second-order valence-electron chi connectivity index (χ2n) is 7.18. The molecule has 1 aromatic rings. The second kappa shape index (κ2) is 7.39. The van der Waals surface area contributed by atoms with Crippen LogP contribution in [0.15, 0.2) is 12.1 Å². The molecule has 0 bridgehead atoms. The Bertz CT molecular complexity index is 450. The van der Waals surface area contributed by atoms with Gasteiger partial charge in [0.1, 0.15) is 0 Å². The van der Waals surface area contributed by atoms with E-state index in [4.69, 9.17) is 0 Å². The average Bonchev–Trinajstić information content (AvgIpc) is 2.57. The molecular weight excluding hydrogens is 268 g/mol. The molecule has 0 spiro atoms. The Kier molecular flexibility index (Phi) is 5.28. The lowest BCUT2D eigenvalue weighted by atomic mass is 9.88. The number of fused-ring (bicyclic) bond motifs is 3. The van der Waals surface area contributed by atoms with Crippen molar-refractivity contribution in [1.29, 1.82) is 0 Å². The molecule has 2 heterocycles. The van der Waals surface area contributed by atoms with Crippen molar-refractivity contribution in [2.45, 2.75) is 90.1 Å². The first-order chi connectivity index (χ1) is 10.8. The van der Waals surface area contributed by atoms with Crippen molar-refractivity contribution in [2.75, 3.05) is 10.6 Å². The fraction of sp³-hybridized carbons (Fsp3) is 0.700. The number of hydrogen-bond acceptors (Lipinski definition) is 2. The minimum atomic E-state index is 0.678. The van der Waals surface area contributed by atoms with Crippen LogP contribution in [-0.2, 0) is 12.8 Å². The van der Waals surface area contributed by atoms with Gasteiger partial charge in [-0.15, -0.1) is 0 Å². The first-order valence-electron chi connectivity index (χ1n) is 9.49. The predicted octanol–water partition coefficient (Wildman–Crippen LogP) is 5.52. The first-order valence-corrected chi connectivity index (χ1v) is 9.49. The van der Waals surface area contributed by atoms with E-state index in [9.17, 15) is 0 Å². The zero-order valence-corrected chi connectivity index (χ0v) is 14.4. The highest BCUT2D eigenvalue weighted by molar-refractivity contribution is 5.78. The van der Waals surface area contributed by atoms with Crippen molar-refractivity contribution in [2.24, 2.45) is 0 Å². The van der Waals surface area contributed by atoms with E-state index in [1.807, 2.05) is 0 Å². The van der Waals surface area contributed by atoms with Crippen molar-refractivity contribution in [3.05, 3.63) is 23.3 Å². The Morgan fingerprint density at radius 2 is 1.27 bits per heavy atom. The number of hydrogen-bond donors (Lipinski definition) is 2. The van der Waals surface area contributed by atoms with Crippen LogP contribution in [0.4, 0.5) is 11.4 Å². The van der Waals surface area contributed by atoms with Gasteiger partial charge < -0.3 is 10.6 Å². The number of benzene rings is 1. The van der Waals surface area contributed by atoms with Crippen LogP contribution in [0.1, 0.15) is 76.3 Å². The fourth-order valence-electron chi connectivity index (χ4n) is 3.98. The van der Waals surface area contributed by atoms with Gasteiger partial charge >= 0.3 is 0 Å². The quantitative estimate of drug-likeness (QED) is 0.722. The molecule has 0 saturated carbocycles. The molecular formula is C20H32N2. The van der Waals surface area contributed by atoms with Gasteiger partial charge in [0.05, 0.1) is 11.4 Å². The summed E-state index contributed by atoms with van der Waals surface area (Å²) < 4.78 is 0. The van der Waals surface area contributed by atoms with Gasteiger partial charge in [0.15, 0.2) is 0 Å². The van der Waals surface area contributed by atoms with E-state index in [0.717, 1.165) is 0 Å². The summed E-state index contributed by atoms with van der Waals surface area (Å²) >= 11 is 0. The van der Waals surface area contributed by atoms with Gasteiger partial charge in [-0.2, -0.15) is 0 Å². The highest BCUT2D eigenvalue weighted by Crippen LogP contribution is 2.39.